The Kier molecular flexibility index (Phi) is 4.27. The Hall–Kier alpha value is -1.16. The summed E-state index contributed by atoms with van der Waals surface area (Å²) in [4.78, 5) is 4.85. The molecule has 1 saturated heterocycles. The standard InChI is InChI=1S/C19H20ClNOS/c1-21-10-8-13(9-11-21)19-15-12-14(20)6-7-17(15)23-18-5-3-2-4-16(18)22-19/h2-7,12-13,19H,8-11H2,1H3/t19-/m1/s1. The molecule has 0 spiro atoms. The zero-order valence-electron chi connectivity index (χ0n) is 13.2. The van der Waals surface area contributed by atoms with E-state index < -0.39 is 0 Å². The Morgan fingerprint density at radius 1 is 1.09 bits per heavy atom. The summed E-state index contributed by atoms with van der Waals surface area (Å²) in [7, 11) is 2.19. The third-order valence-corrected chi connectivity index (χ3v) is 6.18. The minimum absolute atomic E-state index is 0.0912. The maximum absolute atomic E-state index is 6.52. The Morgan fingerprint density at radius 3 is 2.70 bits per heavy atom. The van der Waals surface area contributed by atoms with Crippen LogP contribution in [-0.4, -0.2) is 25.0 Å². The van der Waals surface area contributed by atoms with E-state index in [1.165, 1.54) is 28.2 Å². The lowest BCUT2D eigenvalue weighted by Crippen LogP contribution is -2.34. The minimum Gasteiger partial charge on any atom is -0.484 e. The average molecular weight is 346 g/mol. The summed E-state index contributed by atoms with van der Waals surface area (Å²) in [6, 6.07) is 14.5. The second-order valence-electron chi connectivity index (χ2n) is 6.41. The van der Waals surface area contributed by atoms with Gasteiger partial charge in [0.15, 0.2) is 0 Å². The molecule has 0 aromatic heterocycles. The van der Waals surface area contributed by atoms with Crippen LogP contribution < -0.4 is 4.74 Å². The fourth-order valence-corrected chi connectivity index (χ4v) is 4.68. The van der Waals surface area contributed by atoms with Crippen LogP contribution in [0, 0.1) is 5.92 Å². The average Bonchev–Trinajstić information content (AvgIpc) is 2.72. The van der Waals surface area contributed by atoms with E-state index >= 15 is 0 Å². The zero-order chi connectivity index (χ0) is 15.8. The largest absolute Gasteiger partial charge is 0.484 e. The summed E-state index contributed by atoms with van der Waals surface area (Å²) in [6.45, 7) is 2.27. The van der Waals surface area contributed by atoms with Crippen molar-refractivity contribution in [2.75, 3.05) is 20.1 Å². The number of benzene rings is 2. The van der Waals surface area contributed by atoms with Gasteiger partial charge in [-0.25, -0.2) is 0 Å². The molecule has 2 aliphatic rings. The van der Waals surface area contributed by atoms with Gasteiger partial charge in [-0.05, 0) is 63.3 Å². The molecule has 0 unspecified atom stereocenters. The summed E-state index contributed by atoms with van der Waals surface area (Å²) in [5, 5.41) is 0.789. The van der Waals surface area contributed by atoms with Crippen molar-refractivity contribution >= 4 is 23.4 Å². The van der Waals surface area contributed by atoms with Gasteiger partial charge >= 0.3 is 0 Å². The van der Waals surface area contributed by atoms with Crippen molar-refractivity contribution < 1.29 is 4.74 Å². The number of fused-ring (bicyclic) bond motifs is 2. The Labute approximate surface area is 146 Å². The number of ether oxygens (including phenoxy) is 1. The predicted molar refractivity (Wildman–Crippen MR) is 95.6 cm³/mol. The van der Waals surface area contributed by atoms with Crippen LogP contribution in [0.3, 0.4) is 0 Å². The van der Waals surface area contributed by atoms with Crippen LogP contribution in [0.15, 0.2) is 52.3 Å². The lowest BCUT2D eigenvalue weighted by Gasteiger charge is -2.34. The lowest BCUT2D eigenvalue weighted by atomic mass is 9.87. The van der Waals surface area contributed by atoms with Gasteiger partial charge in [0.05, 0.1) is 4.90 Å². The van der Waals surface area contributed by atoms with Crippen LogP contribution in [0.4, 0.5) is 0 Å². The number of piperidine rings is 1. The van der Waals surface area contributed by atoms with Gasteiger partial charge in [-0.2, -0.15) is 0 Å². The van der Waals surface area contributed by atoms with Crippen molar-refractivity contribution in [3.8, 4) is 5.75 Å². The maximum Gasteiger partial charge on any atom is 0.134 e. The third kappa shape index (κ3) is 3.10. The molecule has 1 atom stereocenters. The molecule has 0 radical (unpaired) electrons. The van der Waals surface area contributed by atoms with Crippen molar-refractivity contribution in [1.29, 1.82) is 0 Å². The van der Waals surface area contributed by atoms with Crippen molar-refractivity contribution in [2.24, 2.45) is 5.92 Å². The van der Waals surface area contributed by atoms with Gasteiger partial charge < -0.3 is 9.64 Å². The van der Waals surface area contributed by atoms with Crippen molar-refractivity contribution in [3.05, 3.63) is 53.1 Å². The molecule has 2 aromatic rings. The molecule has 2 aliphatic heterocycles. The van der Waals surface area contributed by atoms with Gasteiger partial charge in [0.25, 0.3) is 0 Å². The first-order valence-electron chi connectivity index (χ1n) is 8.12. The first-order chi connectivity index (χ1) is 11.2. The highest BCUT2D eigenvalue weighted by molar-refractivity contribution is 7.99. The van der Waals surface area contributed by atoms with Crippen LogP contribution in [0.25, 0.3) is 0 Å². The van der Waals surface area contributed by atoms with Crippen LogP contribution in [0.2, 0.25) is 5.02 Å². The van der Waals surface area contributed by atoms with Crippen LogP contribution in [0.5, 0.6) is 5.75 Å². The van der Waals surface area contributed by atoms with E-state index in [1.54, 1.807) is 11.8 Å². The molecule has 0 N–H and O–H groups in total. The molecule has 0 aliphatic carbocycles. The molecular formula is C19H20ClNOS. The molecule has 23 heavy (non-hydrogen) atoms. The predicted octanol–water partition coefficient (Wildman–Crippen LogP) is 5.27. The normalized spacial score (nSPS) is 21.9. The van der Waals surface area contributed by atoms with Gasteiger partial charge in [0.2, 0.25) is 0 Å². The highest BCUT2D eigenvalue weighted by atomic mass is 35.5. The van der Waals surface area contributed by atoms with Gasteiger partial charge in [-0.15, -0.1) is 0 Å². The SMILES string of the molecule is CN1CCC([C@H]2Oc3ccccc3Sc3ccc(Cl)cc32)CC1. The summed E-state index contributed by atoms with van der Waals surface area (Å²) in [5.41, 5.74) is 1.24. The molecule has 0 bridgehead atoms. The van der Waals surface area contributed by atoms with Crippen molar-refractivity contribution in [3.63, 3.8) is 0 Å². The smallest absolute Gasteiger partial charge is 0.134 e. The van der Waals surface area contributed by atoms with E-state index in [2.05, 4.69) is 42.3 Å². The molecule has 2 aromatic carbocycles. The van der Waals surface area contributed by atoms with Gasteiger partial charge in [0, 0.05) is 21.4 Å². The first kappa shape index (κ1) is 15.4. The molecule has 4 rings (SSSR count). The Morgan fingerprint density at radius 2 is 1.87 bits per heavy atom. The fourth-order valence-electron chi connectivity index (χ4n) is 3.47. The van der Waals surface area contributed by atoms with Gasteiger partial charge in [-0.1, -0.05) is 35.5 Å². The fraction of sp³-hybridized carbons (Fsp3) is 0.368. The van der Waals surface area contributed by atoms with Crippen molar-refractivity contribution in [2.45, 2.75) is 28.7 Å². The second-order valence-corrected chi connectivity index (χ2v) is 7.93. The van der Waals surface area contributed by atoms with Crippen LogP contribution in [0.1, 0.15) is 24.5 Å². The summed E-state index contributed by atoms with van der Waals surface area (Å²) >= 11 is 8.08. The zero-order valence-corrected chi connectivity index (χ0v) is 14.7. The number of halogens is 1. The highest BCUT2D eigenvalue weighted by Gasteiger charge is 2.32. The number of para-hydroxylation sites is 1. The molecule has 4 heteroatoms. The number of likely N-dealkylation sites (tertiary alicyclic amines) is 1. The van der Waals surface area contributed by atoms with Crippen molar-refractivity contribution in [1.82, 2.24) is 4.90 Å². The van der Waals surface area contributed by atoms with E-state index in [1.807, 2.05) is 12.1 Å². The number of hydrogen-bond donors (Lipinski definition) is 0. The van der Waals surface area contributed by atoms with E-state index in [-0.39, 0.29) is 6.10 Å². The van der Waals surface area contributed by atoms with Gasteiger partial charge in [0.1, 0.15) is 11.9 Å². The quantitative estimate of drug-likeness (QED) is 0.699. The number of rotatable bonds is 1. The van der Waals surface area contributed by atoms with E-state index in [4.69, 9.17) is 16.3 Å². The molecule has 1 fully saturated rings. The Balaban J connectivity index is 1.76. The molecule has 0 saturated carbocycles. The molecular weight excluding hydrogens is 326 g/mol. The van der Waals surface area contributed by atoms with Crippen LogP contribution >= 0.6 is 23.4 Å². The maximum atomic E-state index is 6.52. The molecule has 0 amide bonds. The Bertz CT molecular complexity index is 712. The third-order valence-electron chi connectivity index (χ3n) is 4.79. The molecule has 2 nitrogen and oxygen atoms in total. The first-order valence-corrected chi connectivity index (χ1v) is 9.32. The van der Waals surface area contributed by atoms with E-state index in [0.717, 1.165) is 23.9 Å². The molecule has 2 heterocycles. The number of hydrogen-bond acceptors (Lipinski definition) is 3. The molecule has 120 valence electrons. The summed E-state index contributed by atoms with van der Waals surface area (Å²) in [5.74, 6) is 1.53. The second kappa shape index (κ2) is 6.39. The minimum atomic E-state index is 0.0912. The van der Waals surface area contributed by atoms with Crippen LogP contribution in [-0.2, 0) is 0 Å². The highest BCUT2D eigenvalue weighted by Crippen LogP contribution is 2.47. The topological polar surface area (TPSA) is 12.5 Å². The van der Waals surface area contributed by atoms with E-state index in [0.29, 0.717) is 5.92 Å². The monoisotopic (exact) mass is 345 g/mol. The summed E-state index contributed by atoms with van der Waals surface area (Å²) in [6.07, 6.45) is 2.42. The summed E-state index contributed by atoms with van der Waals surface area (Å²) < 4.78 is 6.52. The van der Waals surface area contributed by atoms with E-state index in [9.17, 15) is 0 Å². The number of nitrogens with zero attached hydrogens (tertiary/aromatic N) is 1. The lowest BCUT2D eigenvalue weighted by molar-refractivity contribution is 0.0818. The van der Waals surface area contributed by atoms with Gasteiger partial charge in [-0.3, -0.25) is 0 Å².